The maximum absolute atomic E-state index is 13.8. The lowest BCUT2D eigenvalue weighted by atomic mass is 10.1. The molecule has 0 heterocycles. The van der Waals surface area contributed by atoms with E-state index in [1.165, 1.54) is 0 Å². The van der Waals surface area contributed by atoms with Crippen molar-refractivity contribution >= 4 is 22.9 Å². The van der Waals surface area contributed by atoms with Crippen LogP contribution in [0.15, 0.2) is 36.4 Å². The molecule has 0 saturated carbocycles. The highest BCUT2D eigenvalue weighted by molar-refractivity contribution is 7.80. The van der Waals surface area contributed by atoms with Gasteiger partial charge in [-0.2, -0.15) is 0 Å². The summed E-state index contributed by atoms with van der Waals surface area (Å²) in [5.74, 6) is -1.39. The third-order valence-corrected chi connectivity index (χ3v) is 3.36. The van der Waals surface area contributed by atoms with Crippen LogP contribution >= 0.6 is 12.2 Å². The van der Waals surface area contributed by atoms with E-state index in [1.54, 1.807) is 0 Å². The molecule has 3 N–H and O–H groups in total. The third kappa shape index (κ3) is 3.98. The van der Waals surface area contributed by atoms with Crippen molar-refractivity contribution in [1.29, 1.82) is 0 Å². The summed E-state index contributed by atoms with van der Waals surface area (Å²) in [5, 5.41) is 2.78. The van der Waals surface area contributed by atoms with Crippen LogP contribution in [-0.2, 0) is 6.42 Å². The maximum atomic E-state index is 13.8. The Balaban J connectivity index is 2.05. The molecule has 0 aliphatic heterocycles. The molecule has 0 spiro atoms. The molecule has 0 aliphatic carbocycles. The summed E-state index contributed by atoms with van der Waals surface area (Å²) in [6.45, 7) is 2.44. The molecule has 0 aromatic heterocycles. The number of anilines is 1. The van der Waals surface area contributed by atoms with Gasteiger partial charge in [0.25, 0.3) is 0 Å². The molecule has 0 atom stereocenters. The lowest BCUT2D eigenvalue weighted by Gasteiger charge is -2.10. The number of nitrogens with two attached hydrogens (primary N) is 1. The minimum absolute atomic E-state index is 0.0286. The van der Waals surface area contributed by atoms with Gasteiger partial charge in [-0.15, -0.1) is 0 Å². The van der Waals surface area contributed by atoms with Gasteiger partial charge in [0.2, 0.25) is 0 Å². The molecule has 21 heavy (non-hydrogen) atoms. The first-order valence-electron chi connectivity index (χ1n) is 6.55. The zero-order chi connectivity index (χ0) is 15.4. The SMILES string of the molecule is Cc1cccc(CCNc2c(F)cc(C(N)=S)cc2F)c1. The van der Waals surface area contributed by atoms with Crippen LogP contribution in [0.2, 0.25) is 0 Å². The van der Waals surface area contributed by atoms with Crippen LogP contribution in [0.1, 0.15) is 16.7 Å². The average molecular weight is 306 g/mol. The van der Waals surface area contributed by atoms with Crippen LogP contribution in [0.3, 0.4) is 0 Å². The molecular weight excluding hydrogens is 290 g/mol. The van der Waals surface area contributed by atoms with Crippen molar-refractivity contribution in [3.8, 4) is 0 Å². The summed E-state index contributed by atoms with van der Waals surface area (Å²) in [4.78, 5) is -0.0286. The lowest BCUT2D eigenvalue weighted by Crippen LogP contribution is -2.13. The van der Waals surface area contributed by atoms with Crippen LogP contribution in [0, 0.1) is 18.6 Å². The highest BCUT2D eigenvalue weighted by Gasteiger charge is 2.12. The number of rotatable bonds is 5. The van der Waals surface area contributed by atoms with Crippen molar-refractivity contribution in [3.63, 3.8) is 0 Å². The zero-order valence-electron chi connectivity index (χ0n) is 11.6. The van der Waals surface area contributed by atoms with Gasteiger partial charge in [0.1, 0.15) is 22.3 Å². The molecule has 0 unspecified atom stereocenters. The summed E-state index contributed by atoms with van der Waals surface area (Å²) < 4.78 is 27.7. The number of aryl methyl sites for hydroxylation is 1. The summed E-state index contributed by atoms with van der Waals surface area (Å²) in [7, 11) is 0. The van der Waals surface area contributed by atoms with Gasteiger partial charge in [-0.05, 0) is 31.0 Å². The maximum Gasteiger partial charge on any atom is 0.150 e. The Morgan fingerprint density at radius 3 is 2.43 bits per heavy atom. The Hall–Kier alpha value is -2.01. The number of thiocarbonyl (C=S) groups is 1. The Morgan fingerprint density at radius 2 is 1.86 bits per heavy atom. The normalized spacial score (nSPS) is 10.4. The fraction of sp³-hybridized carbons (Fsp3) is 0.188. The van der Waals surface area contributed by atoms with Crippen molar-refractivity contribution in [1.82, 2.24) is 0 Å². The lowest BCUT2D eigenvalue weighted by molar-refractivity contribution is 0.587. The van der Waals surface area contributed by atoms with E-state index < -0.39 is 11.6 Å². The van der Waals surface area contributed by atoms with E-state index in [1.807, 2.05) is 31.2 Å². The molecule has 0 saturated heterocycles. The van der Waals surface area contributed by atoms with Crippen molar-refractivity contribution in [2.75, 3.05) is 11.9 Å². The van der Waals surface area contributed by atoms with E-state index >= 15 is 0 Å². The van der Waals surface area contributed by atoms with E-state index in [-0.39, 0.29) is 16.2 Å². The van der Waals surface area contributed by atoms with E-state index in [2.05, 4.69) is 5.32 Å². The number of hydrogen-bond donors (Lipinski definition) is 2. The smallest absolute Gasteiger partial charge is 0.150 e. The molecule has 110 valence electrons. The highest BCUT2D eigenvalue weighted by Crippen LogP contribution is 2.21. The fourth-order valence-electron chi connectivity index (χ4n) is 2.08. The van der Waals surface area contributed by atoms with Gasteiger partial charge in [-0.1, -0.05) is 42.0 Å². The monoisotopic (exact) mass is 306 g/mol. The predicted octanol–water partition coefficient (Wildman–Crippen LogP) is 3.56. The van der Waals surface area contributed by atoms with Gasteiger partial charge in [0.15, 0.2) is 0 Å². The van der Waals surface area contributed by atoms with E-state index in [9.17, 15) is 8.78 Å². The topological polar surface area (TPSA) is 38.0 Å². The molecule has 2 rings (SSSR count). The van der Waals surface area contributed by atoms with Gasteiger partial charge < -0.3 is 11.1 Å². The van der Waals surface area contributed by atoms with E-state index in [4.69, 9.17) is 18.0 Å². The fourth-order valence-corrected chi connectivity index (χ4v) is 2.20. The van der Waals surface area contributed by atoms with Crippen LogP contribution in [0.25, 0.3) is 0 Å². The number of halogens is 2. The second-order valence-corrected chi connectivity index (χ2v) is 5.28. The van der Waals surface area contributed by atoms with Gasteiger partial charge in [0, 0.05) is 12.1 Å². The average Bonchev–Trinajstić information content (AvgIpc) is 2.41. The minimum atomic E-state index is -0.693. The predicted molar refractivity (Wildman–Crippen MR) is 85.6 cm³/mol. The van der Waals surface area contributed by atoms with Crippen LogP contribution in [0.4, 0.5) is 14.5 Å². The number of nitrogens with one attached hydrogen (secondary N) is 1. The third-order valence-electron chi connectivity index (χ3n) is 3.12. The molecule has 0 amide bonds. The molecule has 5 heteroatoms. The summed E-state index contributed by atoms with van der Waals surface area (Å²) in [6, 6.07) is 10.3. The van der Waals surface area contributed by atoms with Crippen LogP contribution in [0.5, 0.6) is 0 Å². The molecule has 2 aromatic carbocycles. The largest absolute Gasteiger partial charge is 0.389 e. The Bertz CT molecular complexity index is 648. The first kappa shape index (κ1) is 15.4. The standard InChI is InChI=1S/C16H16F2N2S/c1-10-3-2-4-11(7-10)5-6-20-15-13(17)8-12(16(19)21)9-14(15)18/h2-4,7-9,20H,5-6H2,1H3,(H2,19,21). The molecule has 2 aromatic rings. The van der Waals surface area contributed by atoms with Gasteiger partial charge in [-0.25, -0.2) is 8.78 Å². The van der Waals surface area contributed by atoms with E-state index in [0.717, 1.165) is 23.3 Å². The molecule has 2 nitrogen and oxygen atoms in total. The molecule has 0 bridgehead atoms. The highest BCUT2D eigenvalue weighted by atomic mass is 32.1. The summed E-state index contributed by atoms with van der Waals surface area (Å²) in [6.07, 6.45) is 0.678. The zero-order valence-corrected chi connectivity index (χ0v) is 12.4. The Labute approximate surface area is 128 Å². The second kappa shape index (κ2) is 6.63. The molecular formula is C16H16F2N2S. The summed E-state index contributed by atoms with van der Waals surface area (Å²) >= 11 is 4.71. The van der Waals surface area contributed by atoms with Gasteiger partial charge >= 0.3 is 0 Å². The Kier molecular flexibility index (Phi) is 4.85. The number of benzene rings is 2. The van der Waals surface area contributed by atoms with Crippen LogP contribution < -0.4 is 11.1 Å². The molecule has 0 radical (unpaired) electrons. The van der Waals surface area contributed by atoms with Gasteiger partial charge in [0.05, 0.1) is 0 Å². The molecule has 0 aliphatic rings. The minimum Gasteiger partial charge on any atom is -0.389 e. The van der Waals surface area contributed by atoms with Crippen molar-refractivity contribution in [2.45, 2.75) is 13.3 Å². The van der Waals surface area contributed by atoms with Gasteiger partial charge in [-0.3, -0.25) is 0 Å². The Morgan fingerprint density at radius 1 is 1.19 bits per heavy atom. The van der Waals surface area contributed by atoms with Crippen LogP contribution in [-0.4, -0.2) is 11.5 Å². The first-order valence-corrected chi connectivity index (χ1v) is 6.96. The second-order valence-electron chi connectivity index (χ2n) is 4.84. The van der Waals surface area contributed by atoms with Crippen molar-refractivity contribution in [2.24, 2.45) is 5.73 Å². The van der Waals surface area contributed by atoms with Crippen molar-refractivity contribution in [3.05, 3.63) is 64.7 Å². The number of hydrogen-bond acceptors (Lipinski definition) is 2. The summed E-state index contributed by atoms with van der Waals surface area (Å²) in [5.41, 5.74) is 7.68. The quantitative estimate of drug-likeness (QED) is 0.830. The first-order chi connectivity index (χ1) is 9.97. The molecule has 0 fully saturated rings. The van der Waals surface area contributed by atoms with E-state index in [0.29, 0.717) is 13.0 Å². The van der Waals surface area contributed by atoms with Crippen molar-refractivity contribution < 1.29 is 8.78 Å².